The Hall–Kier alpha value is -2.04. The van der Waals surface area contributed by atoms with Gasteiger partial charge in [0.25, 0.3) is 0 Å². The van der Waals surface area contributed by atoms with Crippen molar-refractivity contribution in [2.75, 3.05) is 39.8 Å². The molecule has 0 saturated carbocycles. The average Bonchev–Trinajstić information content (AvgIpc) is 2.58. The smallest absolute Gasteiger partial charge is 0.350 e. The molecule has 0 aliphatic carbocycles. The van der Waals surface area contributed by atoms with E-state index in [4.69, 9.17) is 0 Å². The molecule has 2 heterocycles. The van der Waals surface area contributed by atoms with Crippen LogP contribution in [-0.2, 0) is 6.42 Å². The van der Waals surface area contributed by atoms with Crippen molar-refractivity contribution in [3.63, 3.8) is 0 Å². The fourth-order valence-corrected chi connectivity index (χ4v) is 3.98. The molecule has 0 unspecified atom stereocenters. The Morgan fingerprint density at radius 3 is 2.83 bits per heavy atom. The van der Waals surface area contributed by atoms with Crippen LogP contribution >= 0.6 is 0 Å². The van der Waals surface area contributed by atoms with E-state index < -0.39 is 0 Å². The number of fused-ring (bicyclic) bond motifs is 1. The molecule has 0 atom stereocenters. The van der Waals surface area contributed by atoms with Crippen molar-refractivity contribution in [3.05, 3.63) is 28.8 Å². The topological polar surface area (TPSA) is 46.8 Å². The van der Waals surface area contributed by atoms with Crippen LogP contribution in [0.1, 0.15) is 40.7 Å². The fraction of sp³-hybridized carbons (Fsp3) is 0.579. The van der Waals surface area contributed by atoms with Gasteiger partial charge in [-0.2, -0.15) is 0 Å². The molecule has 1 fully saturated rings. The molecule has 5 heteroatoms. The number of phenols is 1. The van der Waals surface area contributed by atoms with Gasteiger partial charge in [-0.3, -0.25) is 19.2 Å². The number of carbonyl (C=O) groups excluding carboxylic acids is 1. The van der Waals surface area contributed by atoms with Gasteiger partial charge in [0.2, 0.25) is 0 Å². The summed E-state index contributed by atoms with van der Waals surface area (Å²) in [5, 5.41) is 10.2. The Labute approximate surface area is 144 Å². The van der Waals surface area contributed by atoms with E-state index in [0.717, 1.165) is 63.0 Å². The molecule has 0 bridgehead atoms. The summed E-state index contributed by atoms with van der Waals surface area (Å²) in [7, 11) is 2.18. The van der Waals surface area contributed by atoms with Crippen molar-refractivity contribution in [2.24, 2.45) is 0 Å². The summed E-state index contributed by atoms with van der Waals surface area (Å²) in [5.41, 5.74) is 2.30. The lowest BCUT2D eigenvalue weighted by Gasteiger charge is -2.36. The Kier molecular flexibility index (Phi) is 5.07. The molecule has 24 heavy (non-hydrogen) atoms. The highest BCUT2D eigenvalue weighted by Gasteiger charge is 2.34. The van der Waals surface area contributed by atoms with Crippen molar-refractivity contribution in [2.45, 2.75) is 32.6 Å². The fourth-order valence-electron chi connectivity index (χ4n) is 3.98. The lowest BCUT2D eigenvalue weighted by atomic mass is 10.0. The number of aromatic hydroxyl groups is 1. The van der Waals surface area contributed by atoms with E-state index in [1.165, 1.54) is 18.8 Å². The van der Waals surface area contributed by atoms with Crippen LogP contribution in [0.25, 0.3) is 0 Å². The highest BCUT2D eigenvalue weighted by molar-refractivity contribution is 5.80. The number of aldehydes is 1. The van der Waals surface area contributed by atoms with Crippen LogP contribution < -0.4 is 0 Å². The zero-order valence-electron chi connectivity index (χ0n) is 14.8. The number of guanidine groups is 1. The van der Waals surface area contributed by atoms with Crippen molar-refractivity contribution in [1.82, 2.24) is 9.80 Å². The SMILES string of the molecule is Cc1cc(C=O)c(O)c(CCCN2CCCN3CCC[N+](C)=C23)c1. The molecule has 2 aliphatic heterocycles. The maximum absolute atomic E-state index is 11.1. The summed E-state index contributed by atoms with van der Waals surface area (Å²) in [5.74, 6) is 1.52. The average molecular weight is 330 g/mol. The van der Waals surface area contributed by atoms with Gasteiger partial charge < -0.3 is 5.11 Å². The molecule has 3 rings (SSSR count). The minimum atomic E-state index is 0.151. The number of hydrogen-bond donors (Lipinski definition) is 1. The highest BCUT2D eigenvalue weighted by atomic mass is 16.3. The molecule has 130 valence electrons. The van der Waals surface area contributed by atoms with Gasteiger partial charge >= 0.3 is 5.96 Å². The second-order valence-electron chi connectivity index (χ2n) is 6.99. The molecular formula is C19H28N3O2+. The quantitative estimate of drug-likeness (QED) is 0.661. The van der Waals surface area contributed by atoms with Crippen LogP contribution in [0.4, 0.5) is 0 Å². The van der Waals surface area contributed by atoms with E-state index in [-0.39, 0.29) is 5.75 Å². The number of hydrogen-bond acceptors (Lipinski definition) is 4. The van der Waals surface area contributed by atoms with Gasteiger partial charge in [-0.15, -0.1) is 0 Å². The summed E-state index contributed by atoms with van der Waals surface area (Å²) in [4.78, 5) is 16.0. The molecule has 0 spiro atoms. The van der Waals surface area contributed by atoms with E-state index in [0.29, 0.717) is 5.56 Å². The third kappa shape index (κ3) is 3.40. The summed E-state index contributed by atoms with van der Waals surface area (Å²) in [6.45, 7) is 7.51. The number of aryl methyl sites for hydroxylation is 2. The third-order valence-electron chi connectivity index (χ3n) is 5.05. The molecule has 0 aromatic heterocycles. The van der Waals surface area contributed by atoms with Gasteiger partial charge in [0.05, 0.1) is 45.3 Å². The Morgan fingerprint density at radius 1 is 1.25 bits per heavy atom. The minimum absolute atomic E-state index is 0.151. The maximum Gasteiger partial charge on any atom is 0.350 e. The van der Waals surface area contributed by atoms with E-state index >= 15 is 0 Å². The standard InChI is InChI=1S/C19H27N3O2/c1-15-12-16(18(24)17(13-15)14-23)6-3-8-21-10-5-11-22-9-4-7-20(2)19(21)22/h12-14H,3-11H2,1-2H3/p+1. The lowest BCUT2D eigenvalue weighted by Crippen LogP contribution is -2.57. The van der Waals surface area contributed by atoms with Crippen LogP contribution in [0, 0.1) is 6.92 Å². The zero-order chi connectivity index (χ0) is 17.1. The molecule has 1 aromatic carbocycles. The van der Waals surface area contributed by atoms with Gasteiger partial charge in [-0.25, -0.2) is 0 Å². The molecule has 0 radical (unpaired) electrons. The van der Waals surface area contributed by atoms with Crippen molar-refractivity contribution in [3.8, 4) is 5.75 Å². The number of rotatable bonds is 5. The van der Waals surface area contributed by atoms with Crippen molar-refractivity contribution in [1.29, 1.82) is 0 Å². The molecular weight excluding hydrogens is 302 g/mol. The number of nitrogens with zero attached hydrogens (tertiary/aromatic N) is 3. The van der Waals surface area contributed by atoms with Gasteiger partial charge in [0.1, 0.15) is 5.75 Å². The van der Waals surface area contributed by atoms with E-state index in [9.17, 15) is 9.90 Å². The Balaban J connectivity index is 1.66. The first-order valence-corrected chi connectivity index (χ1v) is 8.96. The van der Waals surface area contributed by atoms with Crippen LogP contribution in [0.5, 0.6) is 5.75 Å². The molecule has 5 nitrogen and oxygen atoms in total. The summed E-state index contributed by atoms with van der Waals surface area (Å²) < 4.78 is 2.37. The Bertz CT molecular complexity index is 654. The summed E-state index contributed by atoms with van der Waals surface area (Å²) in [6.07, 6.45) is 4.95. The van der Waals surface area contributed by atoms with Crippen LogP contribution in [0.15, 0.2) is 12.1 Å². The van der Waals surface area contributed by atoms with Crippen LogP contribution in [0.3, 0.4) is 0 Å². The van der Waals surface area contributed by atoms with Gasteiger partial charge in [0, 0.05) is 12.8 Å². The number of carbonyl (C=O) groups is 1. The van der Waals surface area contributed by atoms with Crippen LogP contribution in [0.2, 0.25) is 0 Å². The predicted molar refractivity (Wildman–Crippen MR) is 95.0 cm³/mol. The first-order chi connectivity index (χ1) is 11.6. The van der Waals surface area contributed by atoms with Gasteiger partial charge in [-0.1, -0.05) is 6.07 Å². The Morgan fingerprint density at radius 2 is 2.04 bits per heavy atom. The molecule has 0 amide bonds. The van der Waals surface area contributed by atoms with E-state index in [1.807, 2.05) is 13.0 Å². The number of benzene rings is 1. The van der Waals surface area contributed by atoms with E-state index in [1.54, 1.807) is 6.07 Å². The molecule has 1 N–H and O–H groups in total. The van der Waals surface area contributed by atoms with Gasteiger partial charge in [0.15, 0.2) is 6.29 Å². The predicted octanol–water partition coefficient (Wildman–Crippen LogP) is 1.86. The summed E-state index contributed by atoms with van der Waals surface area (Å²) >= 11 is 0. The first kappa shape index (κ1) is 16.8. The second-order valence-corrected chi connectivity index (χ2v) is 6.99. The summed E-state index contributed by atoms with van der Waals surface area (Å²) in [6, 6.07) is 3.73. The second kappa shape index (κ2) is 7.24. The third-order valence-corrected chi connectivity index (χ3v) is 5.05. The normalized spacial score (nSPS) is 17.9. The highest BCUT2D eigenvalue weighted by Crippen LogP contribution is 2.25. The largest absolute Gasteiger partial charge is 0.507 e. The molecule has 1 aromatic rings. The maximum atomic E-state index is 11.1. The van der Waals surface area contributed by atoms with Crippen molar-refractivity contribution >= 4 is 12.2 Å². The van der Waals surface area contributed by atoms with E-state index in [2.05, 4.69) is 21.4 Å². The lowest BCUT2D eigenvalue weighted by molar-refractivity contribution is -0.515. The van der Waals surface area contributed by atoms with Crippen molar-refractivity contribution < 1.29 is 14.5 Å². The van der Waals surface area contributed by atoms with Gasteiger partial charge in [-0.05, 0) is 37.0 Å². The van der Waals surface area contributed by atoms with Crippen LogP contribution in [-0.4, -0.2) is 71.5 Å². The first-order valence-electron chi connectivity index (χ1n) is 8.96. The minimum Gasteiger partial charge on any atom is -0.507 e. The number of phenolic OH excluding ortho intramolecular Hbond substituents is 1. The monoisotopic (exact) mass is 330 g/mol. The zero-order valence-corrected chi connectivity index (χ0v) is 14.8. The molecule has 1 saturated heterocycles. The molecule has 2 aliphatic rings.